The summed E-state index contributed by atoms with van der Waals surface area (Å²) in [5, 5.41) is 0. The van der Waals surface area contributed by atoms with Crippen LogP contribution in [-0.2, 0) is 9.53 Å². The van der Waals surface area contributed by atoms with Crippen LogP contribution in [0, 0.1) is 0 Å². The van der Waals surface area contributed by atoms with Crippen LogP contribution in [0.25, 0.3) is 0 Å². The fraction of sp³-hybridized carbons (Fsp3) is 0.727. The first kappa shape index (κ1) is 10.6. The molecule has 0 amide bonds. The van der Waals surface area contributed by atoms with Gasteiger partial charge in [0.05, 0.1) is 7.11 Å². The second-order valence-corrected chi connectivity index (χ2v) is 4.33. The number of rotatable bonds is 1. The molecule has 0 unspecified atom stereocenters. The first-order valence-corrected chi connectivity index (χ1v) is 5.24. The average Bonchev–Trinajstić information content (AvgIpc) is 2.69. The van der Waals surface area contributed by atoms with Crippen LogP contribution in [0.3, 0.4) is 0 Å². The van der Waals surface area contributed by atoms with E-state index in [1.54, 1.807) is 0 Å². The monoisotopic (exact) mass is 213 g/mol. The van der Waals surface area contributed by atoms with Crippen molar-refractivity contribution in [1.29, 1.82) is 0 Å². The summed E-state index contributed by atoms with van der Waals surface area (Å²) in [6.45, 7) is 3.01. The Labute approximate surface area is 88.9 Å². The fourth-order valence-electron chi connectivity index (χ4n) is 2.72. The van der Waals surface area contributed by atoms with Crippen LogP contribution in [0.5, 0.6) is 0 Å². The van der Waals surface area contributed by atoms with Crippen LogP contribution in [-0.4, -0.2) is 42.8 Å². The Hall–Kier alpha value is -0.900. The van der Waals surface area contributed by atoms with Crippen molar-refractivity contribution < 1.29 is 13.9 Å². The van der Waals surface area contributed by atoms with E-state index in [1.807, 2.05) is 17.9 Å². The van der Waals surface area contributed by atoms with Gasteiger partial charge >= 0.3 is 5.97 Å². The van der Waals surface area contributed by atoms with Crippen LogP contribution in [0.4, 0.5) is 4.39 Å². The number of esters is 1. The predicted molar refractivity (Wildman–Crippen MR) is 54.2 cm³/mol. The highest BCUT2D eigenvalue weighted by molar-refractivity contribution is 5.82. The van der Waals surface area contributed by atoms with E-state index in [0.29, 0.717) is 19.5 Å². The number of nitrogens with zero attached hydrogens (tertiary/aromatic N) is 1. The number of hydrogen-bond acceptors (Lipinski definition) is 3. The summed E-state index contributed by atoms with van der Waals surface area (Å²) >= 11 is 0. The minimum absolute atomic E-state index is 0.275. The molecule has 2 fully saturated rings. The molecule has 2 saturated heterocycles. The van der Waals surface area contributed by atoms with Crippen molar-refractivity contribution in [2.24, 2.45) is 0 Å². The van der Waals surface area contributed by atoms with Gasteiger partial charge < -0.3 is 4.74 Å². The van der Waals surface area contributed by atoms with Crippen LogP contribution < -0.4 is 0 Å². The largest absolute Gasteiger partial charge is 0.468 e. The highest BCUT2D eigenvalue weighted by Gasteiger charge is 2.56. The van der Waals surface area contributed by atoms with Gasteiger partial charge in [-0.15, -0.1) is 0 Å². The topological polar surface area (TPSA) is 29.5 Å². The molecule has 0 aliphatic carbocycles. The maximum Gasteiger partial charge on any atom is 0.326 e. The van der Waals surface area contributed by atoms with Crippen molar-refractivity contribution in [2.45, 2.75) is 31.5 Å². The molecule has 0 saturated carbocycles. The molecule has 2 atom stereocenters. The standard InChI is InChI=1S/C11H16FNO2/c1-3-8-4-11(10(14)15-2)5-9(12)7-13(11)6-8/h3,9H,4-7H2,1-2H3/t9-,11-/m1/s1. The van der Waals surface area contributed by atoms with Crippen molar-refractivity contribution in [3.63, 3.8) is 0 Å². The van der Waals surface area contributed by atoms with E-state index < -0.39 is 11.7 Å². The Morgan fingerprint density at radius 1 is 1.73 bits per heavy atom. The van der Waals surface area contributed by atoms with E-state index in [4.69, 9.17) is 4.74 Å². The summed E-state index contributed by atoms with van der Waals surface area (Å²) in [4.78, 5) is 13.7. The van der Waals surface area contributed by atoms with E-state index in [-0.39, 0.29) is 12.4 Å². The van der Waals surface area contributed by atoms with E-state index in [1.165, 1.54) is 12.7 Å². The molecule has 0 aromatic rings. The Morgan fingerprint density at radius 3 is 3.07 bits per heavy atom. The second kappa shape index (κ2) is 3.59. The number of alkyl halides is 1. The molecule has 84 valence electrons. The summed E-state index contributed by atoms with van der Waals surface area (Å²) in [5.41, 5.74) is 0.489. The van der Waals surface area contributed by atoms with Gasteiger partial charge in [0.2, 0.25) is 0 Å². The highest BCUT2D eigenvalue weighted by atomic mass is 19.1. The van der Waals surface area contributed by atoms with Gasteiger partial charge in [-0.3, -0.25) is 9.69 Å². The number of hydrogen-bond donors (Lipinski definition) is 0. The fourth-order valence-corrected chi connectivity index (χ4v) is 2.72. The van der Waals surface area contributed by atoms with Gasteiger partial charge in [-0.05, 0) is 13.3 Å². The third-order valence-electron chi connectivity index (χ3n) is 3.47. The predicted octanol–water partition coefficient (Wildman–Crippen LogP) is 1.29. The molecule has 0 spiro atoms. The van der Waals surface area contributed by atoms with Gasteiger partial charge in [0.25, 0.3) is 0 Å². The molecule has 2 aliphatic heterocycles. The third-order valence-corrected chi connectivity index (χ3v) is 3.47. The zero-order chi connectivity index (χ0) is 11.1. The molecule has 2 aliphatic rings. The molecule has 0 radical (unpaired) electrons. The summed E-state index contributed by atoms with van der Waals surface area (Å²) in [5.74, 6) is -0.292. The SMILES string of the molecule is CC=C1CN2C[C@H](F)C[C@@]2(C(=O)OC)C1. The molecule has 3 nitrogen and oxygen atoms in total. The van der Waals surface area contributed by atoms with Gasteiger partial charge in [0.1, 0.15) is 11.7 Å². The second-order valence-electron chi connectivity index (χ2n) is 4.33. The maximum absolute atomic E-state index is 13.3. The number of fused-ring (bicyclic) bond motifs is 1. The summed E-state index contributed by atoms with van der Waals surface area (Å²) in [6.07, 6.45) is 2.01. The summed E-state index contributed by atoms with van der Waals surface area (Å²) < 4.78 is 18.2. The van der Waals surface area contributed by atoms with Gasteiger partial charge in [-0.2, -0.15) is 0 Å². The molecular formula is C11H16FNO2. The van der Waals surface area contributed by atoms with Crippen LogP contribution in [0.2, 0.25) is 0 Å². The molecule has 2 rings (SSSR count). The van der Waals surface area contributed by atoms with E-state index in [0.717, 1.165) is 0 Å². The molecule has 0 N–H and O–H groups in total. The molecule has 0 bridgehead atoms. The molecule has 2 heterocycles. The number of carbonyl (C=O) groups is 1. The van der Waals surface area contributed by atoms with Crippen molar-refractivity contribution >= 4 is 5.97 Å². The quantitative estimate of drug-likeness (QED) is 0.485. The van der Waals surface area contributed by atoms with Gasteiger partial charge in [-0.1, -0.05) is 11.6 Å². The number of ether oxygens (including phenoxy) is 1. The first-order valence-electron chi connectivity index (χ1n) is 5.24. The van der Waals surface area contributed by atoms with Crippen LogP contribution >= 0.6 is 0 Å². The zero-order valence-electron chi connectivity index (χ0n) is 9.12. The lowest BCUT2D eigenvalue weighted by Crippen LogP contribution is -2.46. The van der Waals surface area contributed by atoms with Gasteiger partial charge in [-0.25, -0.2) is 4.39 Å². The summed E-state index contributed by atoms with van der Waals surface area (Å²) in [7, 11) is 1.37. The number of allylic oxidation sites excluding steroid dienone is 1. The van der Waals surface area contributed by atoms with Gasteiger partial charge in [0, 0.05) is 19.5 Å². The normalized spacial score (nSPS) is 38.3. The van der Waals surface area contributed by atoms with Crippen molar-refractivity contribution in [3.05, 3.63) is 11.6 Å². The smallest absolute Gasteiger partial charge is 0.326 e. The van der Waals surface area contributed by atoms with Gasteiger partial charge in [0.15, 0.2) is 0 Å². The minimum atomic E-state index is -0.900. The van der Waals surface area contributed by atoms with Crippen molar-refractivity contribution in [3.8, 4) is 0 Å². The lowest BCUT2D eigenvalue weighted by molar-refractivity contribution is -0.151. The Morgan fingerprint density at radius 2 is 2.47 bits per heavy atom. The number of carbonyl (C=O) groups excluding carboxylic acids is 1. The van der Waals surface area contributed by atoms with E-state index in [2.05, 4.69) is 0 Å². The molecule has 0 aromatic carbocycles. The molecule has 0 aromatic heterocycles. The van der Waals surface area contributed by atoms with Crippen molar-refractivity contribution in [2.75, 3.05) is 20.2 Å². The average molecular weight is 213 g/mol. The first-order chi connectivity index (χ1) is 7.12. The maximum atomic E-state index is 13.3. The number of methoxy groups -OCH3 is 1. The van der Waals surface area contributed by atoms with E-state index >= 15 is 0 Å². The minimum Gasteiger partial charge on any atom is -0.468 e. The zero-order valence-corrected chi connectivity index (χ0v) is 9.12. The lowest BCUT2D eigenvalue weighted by atomic mass is 9.92. The highest BCUT2D eigenvalue weighted by Crippen LogP contribution is 2.42. The Bertz CT molecular complexity index is 316. The number of halogens is 1. The summed E-state index contributed by atoms with van der Waals surface area (Å²) in [6, 6.07) is 0. The van der Waals surface area contributed by atoms with Crippen LogP contribution in [0.1, 0.15) is 19.8 Å². The Balaban J connectivity index is 2.29. The third kappa shape index (κ3) is 1.47. The van der Waals surface area contributed by atoms with E-state index in [9.17, 15) is 9.18 Å². The molecular weight excluding hydrogens is 197 g/mol. The lowest BCUT2D eigenvalue weighted by Gasteiger charge is -2.27. The molecule has 4 heteroatoms. The van der Waals surface area contributed by atoms with Crippen molar-refractivity contribution in [1.82, 2.24) is 4.90 Å². The molecule has 15 heavy (non-hydrogen) atoms. The van der Waals surface area contributed by atoms with Crippen LogP contribution in [0.15, 0.2) is 11.6 Å². The Kier molecular flexibility index (Phi) is 2.54.